The van der Waals surface area contributed by atoms with E-state index in [9.17, 15) is 18.3 Å². The zero-order chi connectivity index (χ0) is 21.9. The minimum atomic E-state index is -3.31. The van der Waals surface area contributed by atoms with Crippen LogP contribution in [0.5, 0.6) is 0 Å². The molecule has 5 N–H and O–H groups in total. The number of nitrogens with zero attached hydrogens (tertiary/aromatic N) is 2. The Hall–Kier alpha value is -2.72. The molecule has 0 radical (unpaired) electrons. The molecule has 1 aliphatic carbocycles. The van der Waals surface area contributed by atoms with Crippen molar-refractivity contribution in [1.82, 2.24) is 9.97 Å². The Bertz CT molecular complexity index is 1020. The zero-order valence-electron chi connectivity index (χ0n) is 17.1. The van der Waals surface area contributed by atoms with E-state index in [2.05, 4.69) is 20.6 Å². The Balaban J connectivity index is 1.90. The molecule has 9 nitrogen and oxygen atoms in total. The standard InChI is InChI=1S/C20H27N5O4S/c1-3-16-19(22-12-4-8-14(26)9-5-12)25-20(17(24-16)18(21)27)23-13-6-10-15(11-7-13)30(2,28)29/h6-7,10-12,14,26H,3-5,8-9H2,1-2H3,(H2,21,27)(H2,22,23,25)/t12-,14-. The van der Waals surface area contributed by atoms with Crippen molar-refractivity contribution in [3.05, 3.63) is 35.7 Å². The van der Waals surface area contributed by atoms with Crippen molar-refractivity contribution in [2.75, 3.05) is 16.9 Å². The lowest BCUT2D eigenvalue weighted by Crippen LogP contribution is -2.29. The van der Waals surface area contributed by atoms with Gasteiger partial charge in [0.15, 0.2) is 21.3 Å². The van der Waals surface area contributed by atoms with Gasteiger partial charge in [-0.1, -0.05) is 6.92 Å². The Morgan fingerprint density at radius 3 is 2.30 bits per heavy atom. The summed E-state index contributed by atoms with van der Waals surface area (Å²) in [6.07, 6.45) is 4.53. The van der Waals surface area contributed by atoms with Crippen LogP contribution in [0.25, 0.3) is 0 Å². The van der Waals surface area contributed by atoms with Gasteiger partial charge < -0.3 is 21.5 Å². The number of benzene rings is 1. The summed E-state index contributed by atoms with van der Waals surface area (Å²) in [5, 5.41) is 16.1. The fourth-order valence-electron chi connectivity index (χ4n) is 3.43. The number of carbonyl (C=O) groups is 1. The van der Waals surface area contributed by atoms with Crippen molar-refractivity contribution in [2.45, 2.75) is 56.1 Å². The van der Waals surface area contributed by atoms with Crippen molar-refractivity contribution in [3.63, 3.8) is 0 Å². The van der Waals surface area contributed by atoms with E-state index in [1.807, 2.05) is 6.92 Å². The van der Waals surface area contributed by atoms with Gasteiger partial charge in [0.25, 0.3) is 5.91 Å². The quantitative estimate of drug-likeness (QED) is 0.518. The van der Waals surface area contributed by atoms with Crippen LogP contribution in [-0.2, 0) is 16.3 Å². The lowest BCUT2D eigenvalue weighted by atomic mass is 9.93. The SMILES string of the molecule is CCc1nc(C(N)=O)c(Nc2ccc(S(C)(=O)=O)cc2)nc1N[C@H]1CC[C@H](O)CC1. The molecule has 1 aromatic heterocycles. The molecule has 0 saturated heterocycles. The summed E-state index contributed by atoms with van der Waals surface area (Å²) >= 11 is 0. The number of primary amides is 1. The topological polar surface area (TPSA) is 147 Å². The number of sulfone groups is 1. The number of nitrogens with two attached hydrogens (primary N) is 1. The fraction of sp³-hybridized carbons (Fsp3) is 0.450. The predicted octanol–water partition coefficient (Wildman–Crippen LogP) is 2.00. The molecule has 1 amide bonds. The van der Waals surface area contributed by atoms with Gasteiger partial charge in [-0.15, -0.1) is 0 Å². The maximum absolute atomic E-state index is 12.0. The van der Waals surface area contributed by atoms with Crippen LogP contribution in [0.1, 0.15) is 48.8 Å². The number of rotatable bonds is 7. The molecule has 162 valence electrons. The normalized spacial score (nSPS) is 19.3. The van der Waals surface area contributed by atoms with Gasteiger partial charge in [0.05, 0.1) is 16.7 Å². The molecule has 0 atom stereocenters. The first-order valence-electron chi connectivity index (χ1n) is 9.89. The minimum absolute atomic E-state index is 0.0173. The van der Waals surface area contributed by atoms with Crippen LogP contribution in [0.2, 0.25) is 0 Å². The molecule has 0 unspecified atom stereocenters. The third kappa shape index (κ3) is 5.25. The van der Waals surface area contributed by atoms with Gasteiger partial charge in [-0.2, -0.15) is 0 Å². The molecule has 1 fully saturated rings. The smallest absolute Gasteiger partial charge is 0.271 e. The van der Waals surface area contributed by atoms with Crippen molar-refractivity contribution in [1.29, 1.82) is 0 Å². The summed E-state index contributed by atoms with van der Waals surface area (Å²) < 4.78 is 23.3. The monoisotopic (exact) mass is 433 g/mol. The second-order valence-corrected chi connectivity index (χ2v) is 9.52. The largest absolute Gasteiger partial charge is 0.393 e. The van der Waals surface area contributed by atoms with Crippen LogP contribution in [0.3, 0.4) is 0 Å². The van der Waals surface area contributed by atoms with E-state index in [1.54, 1.807) is 12.1 Å². The number of hydrogen-bond donors (Lipinski definition) is 4. The predicted molar refractivity (Wildman–Crippen MR) is 115 cm³/mol. The average Bonchev–Trinajstić information content (AvgIpc) is 2.69. The van der Waals surface area contributed by atoms with E-state index in [0.717, 1.165) is 31.9 Å². The molecule has 30 heavy (non-hydrogen) atoms. The summed E-state index contributed by atoms with van der Waals surface area (Å²) in [4.78, 5) is 21.1. The van der Waals surface area contributed by atoms with Crippen molar-refractivity contribution >= 4 is 33.1 Å². The van der Waals surface area contributed by atoms with E-state index < -0.39 is 15.7 Å². The number of amides is 1. The molecule has 0 spiro atoms. The molecule has 1 saturated carbocycles. The number of aliphatic hydroxyl groups excluding tert-OH is 1. The second kappa shape index (κ2) is 8.97. The van der Waals surface area contributed by atoms with E-state index in [1.165, 1.54) is 12.1 Å². The molecular formula is C20H27N5O4S. The van der Waals surface area contributed by atoms with Crippen LogP contribution in [0, 0.1) is 0 Å². The first-order valence-corrected chi connectivity index (χ1v) is 11.8. The Morgan fingerprint density at radius 1 is 1.13 bits per heavy atom. The Labute approximate surface area is 176 Å². The maximum Gasteiger partial charge on any atom is 0.271 e. The molecular weight excluding hydrogens is 406 g/mol. The first-order chi connectivity index (χ1) is 14.2. The molecule has 3 rings (SSSR count). The average molecular weight is 434 g/mol. The number of hydrogen-bond acceptors (Lipinski definition) is 8. The third-order valence-electron chi connectivity index (χ3n) is 5.12. The molecule has 2 aromatic rings. The van der Waals surface area contributed by atoms with Gasteiger partial charge in [-0.3, -0.25) is 4.79 Å². The van der Waals surface area contributed by atoms with E-state index in [-0.39, 0.29) is 28.6 Å². The highest BCUT2D eigenvalue weighted by Crippen LogP contribution is 2.26. The van der Waals surface area contributed by atoms with Crippen LogP contribution < -0.4 is 16.4 Å². The van der Waals surface area contributed by atoms with Gasteiger partial charge in [0.1, 0.15) is 5.82 Å². The zero-order valence-corrected chi connectivity index (χ0v) is 17.9. The van der Waals surface area contributed by atoms with Crippen molar-refractivity contribution in [2.24, 2.45) is 5.73 Å². The van der Waals surface area contributed by atoms with E-state index in [0.29, 0.717) is 23.6 Å². The van der Waals surface area contributed by atoms with Crippen LogP contribution in [0.15, 0.2) is 29.2 Å². The molecule has 1 aromatic carbocycles. The van der Waals surface area contributed by atoms with Crippen LogP contribution in [0.4, 0.5) is 17.3 Å². The minimum Gasteiger partial charge on any atom is -0.393 e. The number of aliphatic hydroxyl groups is 1. The van der Waals surface area contributed by atoms with Gasteiger partial charge >= 0.3 is 0 Å². The second-order valence-electron chi connectivity index (χ2n) is 7.51. The Morgan fingerprint density at radius 2 is 1.77 bits per heavy atom. The van der Waals surface area contributed by atoms with E-state index in [4.69, 9.17) is 5.73 Å². The summed E-state index contributed by atoms with van der Waals surface area (Å²) in [6, 6.07) is 6.29. The fourth-order valence-corrected chi connectivity index (χ4v) is 4.06. The molecule has 10 heteroatoms. The highest BCUT2D eigenvalue weighted by Gasteiger charge is 2.23. The summed E-state index contributed by atoms with van der Waals surface area (Å²) in [6.45, 7) is 1.92. The number of aryl methyl sites for hydroxylation is 1. The number of carbonyl (C=O) groups excluding carboxylic acids is 1. The van der Waals surface area contributed by atoms with Crippen molar-refractivity contribution in [3.8, 4) is 0 Å². The van der Waals surface area contributed by atoms with Gasteiger partial charge in [-0.25, -0.2) is 18.4 Å². The van der Waals surface area contributed by atoms with E-state index >= 15 is 0 Å². The highest BCUT2D eigenvalue weighted by molar-refractivity contribution is 7.90. The van der Waals surface area contributed by atoms with Crippen LogP contribution >= 0.6 is 0 Å². The molecule has 0 aliphatic heterocycles. The number of nitrogens with one attached hydrogen (secondary N) is 2. The first kappa shape index (κ1) is 22.0. The molecule has 1 heterocycles. The lowest BCUT2D eigenvalue weighted by Gasteiger charge is -2.27. The van der Waals surface area contributed by atoms with Gasteiger partial charge in [-0.05, 0) is 56.4 Å². The third-order valence-corrected chi connectivity index (χ3v) is 6.25. The lowest BCUT2D eigenvalue weighted by molar-refractivity contribution is 0.0996. The highest BCUT2D eigenvalue weighted by atomic mass is 32.2. The van der Waals surface area contributed by atoms with Gasteiger partial charge in [0, 0.05) is 18.0 Å². The number of anilines is 3. The van der Waals surface area contributed by atoms with Crippen LogP contribution in [-0.4, -0.2) is 47.8 Å². The summed E-state index contributed by atoms with van der Waals surface area (Å²) in [5.74, 6) is 0.0593. The molecule has 1 aliphatic rings. The van der Waals surface area contributed by atoms with Crippen molar-refractivity contribution < 1.29 is 18.3 Å². The maximum atomic E-state index is 12.0. The summed E-state index contributed by atoms with van der Waals surface area (Å²) in [5.41, 5.74) is 6.71. The number of aromatic nitrogens is 2. The summed E-state index contributed by atoms with van der Waals surface area (Å²) in [7, 11) is -3.31. The Kier molecular flexibility index (Phi) is 6.57. The van der Waals surface area contributed by atoms with Gasteiger partial charge in [0.2, 0.25) is 0 Å². The molecule has 0 bridgehead atoms.